The SMILES string of the molecule is CC(=O)N(Cc1ccccc1)C(c1nc2ccccc2s1)C(C)C. The van der Waals surface area contributed by atoms with E-state index in [1.807, 2.05) is 41.3 Å². The summed E-state index contributed by atoms with van der Waals surface area (Å²) in [6.07, 6.45) is 0. The van der Waals surface area contributed by atoms with Crippen LogP contribution in [0.15, 0.2) is 54.6 Å². The molecule has 0 saturated carbocycles. The number of carbonyl (C=O) groups is 1. The lowest BCUT2D eigenvalue weighted by Gasteiger charge is -2.32. The standard InChI is InChI=1S/C20H22N2OS/c1-14(2)19(20-21-17-11-7-8-12-18(17)24-20)22(15(3)23)13-16-9-5-4-6-10-16/h4-12,14,19H,13H2,1-3H3. The maximum absolute atomic E-state index is 12.4. The highest BCUT2D eigenvalue weighted by atomic mass is 32.1. The number of hydrogen-bond acceptors (Lipinski definition) is 3. The third kappa shape index (κ3) is 3.49. The normalized spacial score (nSPS) is 12.5. The molecule has 24 heavy (non-hydrogen) atoms. The fourth-order valence-corrected chi connectivity index (χ4v) is 4.23. The Labute approximate surface area is 147 Å². The van der Waals surface area contributed by atoms with Crippen LogP contribution in [0.4, 0.5) is 0 Å². The fourth-order valence-electron chi connectivity index (χ4n) is 2.98. The molecule has 2 aromatic carbocycles. The molecule has 0 radical (unpaired) electrons. The van der Waals surface area contributed by atoms with Gasteiger partial charge in [-0.25, -0.2) is 4.98 Å². The van der Waals surface area contributed by atoms with E-state index in [1.54, 1.807) is 18.3 Å². The van der Waals surface area contributed by atoms with E-state index in [-0.39, 0.29) is 17.9 Å². The van der Waals surface area contributed by atoms with Crippen molar-refractivity contribution in [3.8, 4) is 0 Å². The van der Waals surface area contributed by atoms with Crippen LogP contribution in [0.25, 0.3) is 10.2 Å². The van der Waals surface area contributed by atoms with E-state index >= 15 is 0 Å². The van der Waals surface area contributed by atoms with Crippen LogP contribution in [0.3, 0.4) is 0 Å². The number of benzene rings is 2. The highest BCUT2D eigenvalue weighted by Crippen LogP contribution is 2.35. The Morgan fingerprint density at radius 3 is 2.38 bits per heavy atom. The number of carbonyl (C=O) groups excluding carboxylic acids is 1. The van der Waals surface area contributed by atoms with Gasteiger partial charge in [0.05, 0.1) is 16.3 Å². The second-order valence-electron chi connectivity index (χ2n) is 6.34. The number of nitrogens with zero attached hydrogens (tertiary/aromatic N) is 2. The first-order valence-electron chi connectivity index (χ1n) is 8.23. The van der Waals surface area contributed by atoms with Crippen LogP contribution in [0.2, 0.25) is 0 Å². The van der Waals surface area contributed by atoms with Gasteiger partial charge in [0.25, 0.3) is 0 Å². The minimum absolute atomic E-state index is 0.0138. The van der Waals surface area contributed by atoms with E-state index in [2.05, 4.69) is 32.0 Å². The van der Waals surface area contributed by atoms with Crippen molar-refractivity contribution in [3.63, 3.8) is 0 Å². The number of amides is 1. The van der Waals surface area contributed by atoms with Gasteiger partial charge in [0.15, 0.2) is 0 Å². The molecule has 1 aromatic heterocycles. The average molecular weight is 338 g/mol. The molecule has 124 valence electrons. The molecule has 0 bridgehead atoms. The smallest absolute Gasteiger partial charge is 0.220 e. The number of thiazole rings is 1. The van der Waals surface area contributed by atoms with Crippen LogP contribution in [-0.4, -0.2) is 15.8 Å². The Bertz CT molecular complexity index is 793. The lowest BCUT2D eigenvalue weighted by Crippen LogP contribution is -2.35. The van der Waals surface area contributed by atoms with Crippen molar-refractivity contribution in [2.45, 2.75) is 33.4 Å². The number of para-hydroxylation sites is 1. The molecule has 3 rings (SSSR count). The van der Waals surface area contributed by atoms with Crippen molar-refractivity contribution in [1.29, 1.82) is 0 Å². The zero-order chi connectivity index (χ0) is 17.1. The number of hydrogen-bond donors (Lipinski definition) is 0. The van der Waals surface area contributed by atoms with Crippen molar-refractivity contribution < 1.29 is 4.79 Å². The lowest BCUT2D eigenvalue weighted by molar-refractivity contribution is -0.133. The summed E-state index contributed by atoms with van der Waals surface area (Å²) in [5, 5.41) is 1.01. The van der Waals surface area contributed by atoms with Gasteiger partial charge < -0.3 is 4.90 Å². The molecule has 0 aliphatic carbocycles. The largest absolute Gasteiger partial charge is 0.329 e. The Balaban J connectivity index is 1.99. The zero-order valence-electron chi connectivity index (χ0n) is 14.3. The summed E-state index contributed by atoms with van der Waals surface area (Å²) in [5.41, 5.74) is 2.14. The minimum Gasteiger partial charge on any atom is -0.329 e. The van der Waals surface area contributed by atoms with Crippen LogP contribution in [0, 0.1) is 5.92 Å². The van der Waals surface area contributed by atoms with Crippen molar-refractivity contribution in [3.05, 3.63) is 65.2 Å². The van der Waals surface area contributed by atoms with Gasteiger partial charge in [-0.1, -0.05) is 56.3 Å². The molecule has 1 unspecified atom stereocenters. The van der Waals surface area contributed by atoms with Crippen molar-refractivity contribution in [2.24, 2.45) is 5.92 Å². The van der Waals surface area contributed by atoms with Crippen LogP contribution >= 0.6 is 11.3 Å². The van der Waals surface area contributed by atoms with Gasteiger partial charge in [0, 0.05) is 13.5 Å². The van der Waals surface area contributed by atoms with Crippen LogP contribution < -0.4 is 0 Å². The highest BCUT2D eigenvalue weighted by molar-refractivity contribution is 7.18. The Morgan fingerprint density at radius 2 is 1.75 bits per heavy atom. The first-order valence-corrected chi connectivity index (χ1v) is 9.04. The van der Waals surface area contributed by atoms with Crippen LogP contribution in [0.5, 0.6) is 0 Å². The molecule has 0 N–H and O–H groups in total. The number of fused-ring (bicyclic) bond motifs is 1. The van der Waals surface area contributed by atoms with E-state index in [0.717, 1.165) is 16.1 Å². The summed E-state index contributed by atoms with van der Waals surface area (Å²) < 4.78 is 1.17. The molecule has 0 aliphatic rings. The molecule has 1 heterocycles. The molecule has 1 amide bonds. The van der Waals surface area contributed by atoms with Crippen LogP contribution in [-0.2, 0) is 11.3 Å². The predicted octanol–water partition coefficient (Wildman–Crippen LogP) is 5.04. The summed E-state index contributed by atoms with van der Waals surface area (Å²) >= 11 is 1.69. The summed E-state index contributed by atoms with van der Waals surface area (Å²) in [5.74, 6) is 0.370. The number of aromatic nitrogens is 1. The lowest BCUT2D eigenvalue weighted by atomic mass is 10.0. The van der Waals surface area contributed by atoms with Gasteiger partial charge in [-0.05, 0) is 23.6 Å². The topological polar surface area (TPSA) is 33.2 Å². The van der Waals surface area contributed by atoms with Crippen molar-refractivity contribution >= 4 is 27.5 Å². The monoisotopic (exact) mass is 338 g/mol. The summed E-state index contributed by atoms with van der Waals surface area (Å²) in [7, 11) is 0. The van der Waals surface area contributed by atoms with Gasteiger partial charge in [-0.3, -0.25) is 4.79 Å². The molecular weight excluding hydrogens is 316 g/mol. The van der Waals surface area contributed by atoms with Gasteiger partial charge >= 0.3 is 0 Å². The zero-order valence-corrected chi connectivity index (χ0v) is 15.1. The first-order chi connectivity index (χ1) is 11.6. The first kappa shape index (κ1) is 16.7. The predicted molar refractivity (Wildman–Crippen MR) is 99.9 cm³/mol. The van der Waals surface area contributed by atoms with E-state index in [1.165, 1.54) is 4.70 Å². The van der Waals surface area contributed by atoms with Crippen molar-refractivity contribution in [1.82, 2.24) is 9.88 Å². The molecule has 0 aliphatic heterocycles. The Hall–Kier alpha value is -2.20. The molecule has 0 saturated heterocycles. The number of rotatable bonds is 5. The second kappa shape index (κ2) is 7.14. The molecular formula is C20H22N2OS. The quantitative estimate of drug-likeness (QED) is 0.653. The average Bonchev–Trinajstić information content (AvgIpc) is 2.98. The molecule has 3 aromatic rings. The molecule has 0 spiro atoms. The van der Waals surface area contributed by atoms with Gasteiger partial charge in [0.1, 0.15) is 5.01 Å². The Morgan fingerprint density at radius 1 is 1.08 bits per heavy atom. The van der Waals surface area contributed by atoms with Crippen molar-refractivity contribution in [2.75, 3.05) is 0 Å². The van der Waals surface area contributed by atoms with E-state index in [9.17, 15) is 4.79 Å². The Kier molecular flexibility index (Phi) is 4.95. The van der Waals surface area contributed by atoms with Gasteiger partial charge in [-0.2, -0.15) is 0 Å². The fraction of sp³-hybridized carbons (Fsp3) is 0.300. The maximum Gasteiger partial charge on any atom is 0.220 e. The van der Waals surface area contributed by atoms with Gasteiger partial charge in [-0.15, -0.1) is 11.3 Å². The molecule has 3 nitrogen and oxygen atoms in total. The third-order valence-corrected chi connectivity index (χ3v) is 5.24. The van der Waals surface area contributed by atoms with E-state index in [4.69, 9.17) is 4.98 Å². The highest BCUT2D eigenvalue weighted by Gasteiger charge is 2.28. The van der Waals surface area contributed by atoms with E-state index < -0.39 is 0 Å². The molecule has 4 heteroatoms. The minimum atomic E-state index is -0.0138. The van der Waals surface area contributed by atoms with E-state index in [0.29, 0.717) is 6.54 Å². The van der Waals surface area contributed by atoms with Crippen LogP contribution in [0.1, 0.15) is 37.4 Å². The third-order valence-electron chi connectivity index (χ3n) is 4.13. The molecule has 1 atom stereocenters. The second-order valence-corrected chi connectivity index (χ2v) is 7.40. The summed E-state index contributed by atoms with van der Waals surface area (Å²) in [4.78, 5) is 19.1. The maximum atomic E-state index is 12.4. The molecule has 0 fully saturated rings. The van der Waals surface area contributed by atoms with Gasteiger partial charge in [0.2, 0.25) is 5.91 Å². The summed E-state index contributed by atoms with van der Waals surface area (Å²) in [6.45, 7) is 6.55. The summed E-state index contributed by atoms with van der Waals surface area (Å²) in [6, 6.07) is 18.3.